The predicted molar refractivity (Wildman–Crippen MR) is 101 cm³/mol. The summed E-state index contributed by atoms with van der Waals surface area (Å²) >= 11 is 1.63. The van der Waals surface area contributed by atoms with Gasteiger partial charge in [-0.25, -0.2) is 4.98 Å². The molecule has 0 amide bonds. The molecule has 0 aromatic carbocycles. The van der Waals surface area contributed by atoms with Gasteiger partial charge in [-0.15, -0.1) is 11.3 Å². The Morgan fingerprint density at radius 3 is 2.50 bits per heavy atom. The molecule has 1 fully saturated rings. The molecule has 0 spiro atoms. The molecule has 1 aliphatic carbocycles. The van der Waals surface area contributed by atoms with Crippen molar-refractivity contribution in [2.75, 3.05) is 19.0 Å². The van der Waals surface area contributed by atoms with E-state index in [1.54, 1.807) is 11.3 Å². The molecule has 1 heterocycles. The van der Waals surface area contributed by atoms with Gasteiger partial charge in [0.05, 0.1) is 12.8 Å². The predicted octanol–water partition coefficient (Wildman–Crippen LogP) is 4.78. The zero-order valence-corrected chi connectivity index (χ0v) is 16.8. The molecule has 1 aromatic heterocycles. The molecule has 5 heteroatoms. The van der Waals surface area contributed by atoms with Crippen molar-refractivity contribution >= 4 is 22.4 Å². The van der Waals surface area contributed by atoms with Gasteiger partial charge in [0.1, 0.15) is 5.41 Å². The Kier molecular flexibility index (Phi) is 6.29. The summed E-state index contributed by atoms with van der Waals surface area (Å²) in [5, 5.41) is 4.43. The molecule has 0 aliphatic heterocycles. The Labute approximate surface area is 150 Å². The van der Waals surface area contributed by atoms with Gasteiger partial charge < -0.3 is 10.1 Å². The van der Waals surface area contributed by atoms with Gasteiger partial charge in [-0.2, -0.15) is 0 Å². The average molecular weight is 353 g/mol. The van der Waals surface area contributed by atoms with Crippen molar-refractivity contribution in [2.45, 2.75) is 65.7 Å². The first-order valence-corrected chi connectivity index (χ1v) is 9.87. The van der Waals surface area contributed by atoms with Crippen LogP contribution >= 0.6 is 11.3 Å². The Morgan fingerprint density at radius 1 is 1.33 bits per heavy atom. The van der Waals surface area contributed by atoms with Crippen LogP contribution in [0.25, 0.3) is 0 Å². The fourth-order valence-corrected chi connectivity index (χ4v) is 4.67. The van der Waals surface area contributed by atoms with E-state index in [9.17, 15) is 4.79 Å². The molecule has 2 rings (SSSR count). The number of hydrogen-bond acceptors (Lipinski definition) is 5. The lowest BCUT2D eigenvalue weighted by Gasteiger charge is -2.30. The van der Waals surface area contributed by atoms with E-state index in [1.807, 2.05) is 20.8 Å². The molecular weight excluding hydrogens is 320 g/mol. The molecule has 1 N–H and O–H groups in total. The molecule has 1 saturated carbocycles. The summed E-state index contributed by atoms with van der Waals surface area (Å²) in [4.78, 5) is 17.8. The molecule has 1 aliphatic rings. The highest BCUT2D eigenvalue weighted by atomic mass is 32.1. The minimum Gasteiger partial charge on any atom is -0.468 e. The molecule has 0 bridgehead atoms. The third kappa shape index (κ3) is 4.29. The van der Waals surface area contributed by atoms with Crippen molar-refractivity contribution in [3.8, 4) is 0 Å². The Hall–Kier alpha value is -1.10. The molecule has 0 radical (unpaired) electrons. The largest absolute Gasteiger partial charge is 0.468 e. The average Bonchev–Trinajstić information content (AvgIpc) is 2.94. The fraction of sp³-hybridized carbons (Fsp3) is 0.789. The van der Waals surface area contributed by atoms with E-state index >= 15 is 0 Å². The first kappa shape index (κ1) is 19.2. The molecule has 24 heavy (non-hydrogen) atoms. The van der Waals surface area contributed by atoms with Crippen molar-refractivity contribution in [3.63, 3.8) is 0 Å². The summed E-state index contributed by atoms with van der Waals surface area (Å²) in [5.41, 5.74) is 0.121. The second kappa shape index (κ2) is 7.85. The van der Waals surface area contributed by atoms with Gasteiger partial charge in [-0.1, -0.05) is 13.8 Å². The lowest BCUT2D eigenvalue weighted by Crippen LogP contribution is -2.31. The number of rotatable bonds is 6. The van der Waals surface area contributed by atoms with Crippen LogP contribution < -0.4 is 5.32 Å². The van der Waals surface area contributed by atoms with Gasteiger partial charge in [0.15, 0.2) is 5.13 Å². The second-order valence-electron chi connectivity index (χ2n) is 7.95. The number of thiazole rings is 1. The highest BCUT2D eigenvalue weighted by Crippen LogP contribution is 2.35. The smallest absolute Gasteiger partial charge is 0.317 e. The van der Waals surface area contributed by atoms with Crippen LogP contribution in [0.2, 0.25) is 0 Å². The van der Waals surface area contributed by atoms with Gasteiger partial charge in [0.25, 0.3) is 0 Å². The molecule has 4 nitrogen and oxygen atoms in total. The highest BCUT2D eigenvalue weighted by Gasteiger charge is 2.35. The Morgan fingerprint density at radius 2 is 1.96 bits per heavy atom. The zero-order valence-electron chi connectivity index (χ0n) is 15.9. The van der Waals surface area contributed by atoms with E-state index in [0.29, 0.717) is 0 Å². The summed E-state index contributed by atoms with van der Waals surface area (Å²) in [6.07, 6.45) is 5.31. The minimum atomic E-state index is -0.704. The van der Waals surface area contributed by atoms with Crippen molar-refractivity contribution in [1.82, 2.24) is 4.98 Å². The van der Waals surface area contributed by atoms with E-state index in [2.05, 4.69) is 24.1 Å². The van der Waals surface area contributed by atoms with Crippen LogP contribution in [-0.4, -0.2) is 24.6 Å². The van der Waals surface area contributed by atoms with Crippen LogP contribution in [0.3, 0.4) is 0 Å². The number of ether oxygens (including phenoxy) is 1. The fourth-order valence-electron chi connectivity index (χ4n) is 3.69. The van der Waals surface area contributed by atoms with Crippen molar-refractivity contribution in [2.24, 2.45) is 17.8 Å². The van der Waals surface area contributed by atoms with Crippen LogP contribution in [0.15, 0.2) is 0 Å². The number of anilines is 1. The third-order valence-corrected chi connectivity index (χ3v) is 6.39. The van der Waals surface area contributed by atoms with E-state index in [0.717, 1.165) is 40.0 Å². The number of nitrogens with zero attached hydrogens (tertiary/aromatic N) is 1. The standard InChI is InChI=1S/C19H32N2O2S/c1-12(2)15-9-7-14(8-10-15)11-20-18-21-16(13(3)24-18)19(4,5)17(22)23-6/h12,14-15H,7-11H2,1-6H3,(H,20,21). The summed E-state index contributed by atoms with van der Waals surface area (Å²) in [6, 6.07) is 0. The van der Waals surface area contributed by atoms with Gasteiger partial charge in [-0.05, 0) is 64.2 Å². The second-order valence-corrected chi connectivity index (χ2v) is 9.15. The number of aryl methyl sites for hydroxylation is 1. The number of hydrogen-bond donors (Lipinski definition) is 1. The maximum atomic E-state index is 12.0. The number of carbonyl (C=O) groups is 1. The summed E-state index contributed by atoms with van der Waals surface area (Å²) < 4.78 is 4.92. The molecule has 0 saturated heterocycles. The Bertz CT molecular complexity index is 558. The molecule has 0 atom stereocenters. The van der Waals surface area contributed by atoms with Gasteiger partial charge in [-0.3, -0.25) is 4.79 Å². The molecule has 1 aromatic rings. The van der Waals surface area contributed by atoms with Gasteiger partial charge >= 0.3 is 5.97 Å². The number of aromatic nitrogens is 1. The van der Waals surface area contributed by atoms with Crippen LogP contribution in [0.5, 0.6) is 0 Å². The number of nitrogens with one attached hydrogen (secondary N) is 1. The molecule has 0 unspecified atom stereocenters. The van der Waals surface area contributed by atoms with E-state index < -0.39 is 5.41 Å². The summed E-state index contributed by atoms with van der Waals surface area (Å²) in [6.45, 7) is 11.4. The quantitative estimate of drug-likeness (QED) is 0.749. The van der Waals surface area contributed by atoms with E-state index in [-0.39, 0.29) is 5.97 Å². The Balaban J connectivity index is 1.93. The van der Waals surface area contributed by atoms with Crippen LogP contribution in [0, 0.1) is 24.7 Å². The maximum Gasteiger partial charge on any atom is 0.317 e. The number of carbonyl (C=O) groups excluding carboxylic acids is 1. The van der Waals surface area contributed by atoms with Crippen molar-refractivity contribution in [1.29, 1.82) is 0 Å². The maximum absolute atomic E-state index is 12.0. The SMILES string of the molecule is COC(=O)C(C)(C)c1nc(NCC2CCC(C(C)C)CC2)sc1C. The van der Waals surface area contributed by atoms with Crippen molar-refractivity contribution in [3.05, 3.63) is 10.6 Å². The molecule has 136 valence electrons. The lowest BCUT2D eigenvalue weighted by atomic mass is 9.77. The zero-order chi connectivity index (χ0) is 17.9. The molecular formula is C19H32N2O2S. The summed E-state index contributed by atoms with van der Waals surface area (Å²) in [5.74, 6) is 2.20. The monoisotopic (exact) mass is 352 g/mol. The minimum absolute atomic E-state index is 0.241. The van der Waals surface area contributed by atoms with E-state index in [4.69, 9.17) is 4.74 Å². The van der Waals surface area contributed by atoms with E-state index in [1.165, 1.54) is 32.8 Å². The first-order chi connectivity index (χ1) is 11.3. The normalized spacial score (nSPS) is 21.8. The number of methoxy groups -OCH3 is 1. The van der Waals surface area contributed by atoms with Crippen LogP contribution in [0.4, 0.5) is 5.13 Å². The lowest BCUT2D eigenvalue weighted by molar-refractivity contribution is -0.146. The number of esters is 1. The van der Waals surface area contributed by atoms with Crippen LogP contribution in [0.1, 0.15) is 63.9 Å². The van der Waals surface area contributed by atoms with Gasteiger partial charge in [0, 0.05) is 11.4 Å². The topological polar surface area (TPSA) is 51.2 Å². The van der Waals surface area contributed by atoms with Gasteiger partial charge in [0.2, 0.25) is 0 Å². The third-order valence-electron chi connectivity index (χ3n) is 5.46. The summed E-state index contributed by atoms with van der Waals surface area (Å²) in [7, 11) is 1.43. The highest BCUT2D eigenvalue weighted by molar-refractivity contribution is 7.15. The first-order valence-electron chi connectivity index (χ1n) is 9.05. The van der Waals surface area contributed by atoms with Crippen molar-refractivity contribution < 1.29 is 9.53 Å². The van der Waals surface area contributed by atoms with Crippen LogP contribution in [-0.2, 0) is 14.9 Å².